The van der Waals surface area contributed by atoms with Crippen LogP contribution >= 0.6 is 0 Å². The Morgan fingerprint density at radius 1 is 1.33 bits per heavy atom. The minimum absolute atomic E-state index is 0.219. The number of carbonyl (C=O) groups is 2. The van der Waals surface area contributed by atoms with Crippen molar-refractivity contribution in [3.63, 3.8) is 0 Å². The molecule has 0 saturated carbocycles. The Hall–Kier alpha value is -3.21. The summed E-state index contributed by atoms with van der Waals surface area (Å²) in [7, 11) is 3.03. The van der Waals surface area contributed by atoms with Crippen molar-refractivity contribution >= 4 is 11.9 Å². The Balaban J connectivity index is 2.82. The summed E-state index contributed by atoms with van der Waals surface area (Å²) in [5.41, 5.74) is 0.542. The van der Waals surface area contributed by atoms with E-state index in [4.69, 9.17) is 19.8 Å². The third-order valence-corrected chi connectivity index (χ3v) is 3.12. The smallest absolute Gasteiger partial charge is 0.322 e. The maximum absolute atomic E-state index is 12.1. The Bertz CT molecular complexity index is 679. The van der Waals surface area contributed by atoms with E-state index in [0.717, 1.165) is 11.8 Å². The van der Waals surface area contributed by atoms with Crippen LogP contribution in [0.4, 0.5) is 0 Å². The van der Waals surface area contributed by atoms with Gasteiger partial charge >= 0.3 is 5.97 Å². The predicted molar refractivity (Wildman–Crippen MR) is 85.4 cm³/mol. The zero-order valence-corrected chi connectivity index (χ0v) is 13.6. The molecule has 0 radical (unpaired) electrons. The molecule has 1 unspecified atom stereocenters. The van der Waals surface area contributed by atoms with Gasteiger partial charge in [0.05, 0.1) is 20.3 Å². The van der Waals surface area contributed by atoms with E-state index in [0.29, 0.717) is 11.5 Å². The summed E-state index contributed by atoms with van der Waals surface area (Å²) in [6.07, 6.45) is 1.07. The number of benzene rings is 1. The van der Waals surface area contributed by atoms with E-state index in [-0.39, 0.29) is 12.1 Å². The highest BCUT2D eigenvalue weighted by Crippen LogP contribution is 2.29. The van der Waals surface area contributed by atoms with Gasteiger partial charge in [-0.2, -0.15) is 5.26 Å². The first-order valence-corrected chi connectivity index (χ1v) is 7.01. The summed E-state index contributed by atoms with van der Waals surface area (Å²) in [5, 5.41) is 22.6. The summed E-state index contributed by atoms with van der Waals surface area (Å²) < 4.78 is 10.4. The number of rotatable bonds is 8. The molecule has 24 heavy (non-hydrogen) atoms. The SMILES string of the molecule is COc1ccc(C(C)NC(=O)/C(C#N)=C\NCC(=O)O)cc1OC. The zero-order valence-electron chi connectivity index (χ0n) is 13.6. The Morgan fingerprint density at radius 3 is 2.54 bits per heavy atom. The zero-order chi connectivity index (χ0) is 18.1. The number of hydrogen-bond donors (Lipinski definition) is 3. The van der Waals surface area contributed by atoms with Gasteiger partial charge in [0.2, 0.25) is 0 Å². The van der Waals surface area contributed by atoms with Crippen LogP contribution in [-0.4, -0.2) is 37.7 Å². The molecule has 0 fully saturated rings. The maximum atomic E-state index is 12.1. The standard InChI is InChI=1S/C16H19N3O5/c1-10(11-4-5-13(23-2)14(6-11)24-3)19-16(22)12(7-17)8-18-9-15(20)21/h4-6,8,10,18H,9H2,1-3H3,(H,19,22)(H,20,21)/b12-8-. The average Bonchev–Trinajstić information content (AvgIpc) is 2.57. The maximum Gasteiger partial charge on any atom is 0.322 e. The quantitative estimate of drug-likeness (QED) is 0.478. The molecule has 0 aliphatic rings. The molecule has 8 nitrogen and oxygen atoms in total. The molecule has 0 saturated heterocycles. The highest BCUT2D eigenvalue weighted by Gasteiger charge is 2.15. The minimum Gasteiger partial charge on any atom is -0.493 e. The lowest BCUT2D eigenvalue weighted by Gasteiger charge is -2.16. The number of nitrogens with one attached hydrogen (secondary N) is 2. The molecule has 0 aliphatic heterocycles. The van der Waals surface area contributed by atoms with Crippen LogP contribution in [0.1, 0.15) is 18.5 Å². The number of carboxylic acids is 1. The summed E-state index contributed by atoms with van der Waals surface area (Å²) >= 11 is 0. The van der Waals surface area contributed by atoms with Crippen LogP contribution < -0.4 is 20.1 Å². The Labute approximate surface area is 139 Å². The van der Waals surface area contributed by atoms with E-state index in [2.05, 4.69) is 10.6 Å². The molecule has 3 N–H and O–H groups in total. The van der Waals surface area contributed by atoms with Gasteiger partial charge in [-0.05, 0) is 24.6 Å². The largest absolute Gasteiger partial charge is 0.493 e. The van der Waals surface area contributed by atoms with Gasteiger partial charge in [-0.1, -0.05) is 6.07 Å². The van der Waals surface area contributed by atoms with Gasteiger partial charge in [0.15, 0.2) is 11.5 Å². The molecular formula is C16H19N3O5. The first kappa shape index (κ1) is 18.8. The van der Waals surface area contributed by atoms with Crippen molar-refractivity contribution < 1.29 is 24.2 Å². The van der Waals surface area contributed by atoms with E-state index in [9.17, 15) is 9.59 Å². The van der Waals surface area contributed by atoms with Crippen molar-refractivity contribution in [2.75, 3.05) is 20.8 Å². The summed E-state index contributed by atoms with van der Waals surface area (Å²) in [5.74, 6) is -0.620. The number of amides is 1. The third-order valence-electron chi connectivity index (χ3n) is 3.12. The Kier molecular flexibility index (Phi) is 7.10. The number of carbonyl (C=O) groups excluding carboxylic acids is 1. The molecular weight excluding hydrogens is 314 g/mol. The molecule has 0 bridgehead atoms. The molecule has 128 valence electrons. The molecule has 1 atom stereocenters. The Morgan fingerprint density at radius 2 is 2.00 bits per heavy atom. The molecule has 8 heteroatoms. The highest BCUT2D eigenvalue weighted by atomic mass is 16.5. The lowest BCUT2D eigenvalue weighted by molar-refractivity contribution is -0.135. The normalized spacial score (nSPS) is 11.8. The van der Waals surface area contributed by atoms with Crippen molar-refractivity contribution in [2.45, 2.75) is 13.0 Å². The molecule has 1 rings (SSSR count). The number of aliphatic carboxylic acids is 1. The fourth-order valence-electron chi connectivity index (χ4n) is 1.87. The summed E-state index contributed by atoms with van der Waals surface area (Å²) in [4.78, 5) is 22.5. The van der Waals surface area contributed by atoms with Crippen molar-refractivity contribution in [3.05, 3.63) is 35.5 Å². The van der Waals surface area contributed by atoms with E-state index in [1.165, 1.54) is 14.2 Å². The number of nitrogens with zero attached hydrogens (tertiary/aromatic N) is 1. The van der Waals surface area contributed by atoms with Crippen LogP contribution in [0.2, 0.25) is 0 Å². The first-order chi connectivity index (χ1) is 11.4. The molecule has 0 aromatic heterocycles. The molecule has 0 aliphatic carbocycles. The van der Waals surface area contributed by atoms with Crippen LogP contribution in [0, 0.1) is 11.3 Å². The number of ether oxygens (including phenoxy) is 2. The molecule has 1 aromatic rings. The molecule has 1 aromatic carbocycles. The fourth-order valence-corrected chi connectivity index (χ4v) is 1.87. The van der Waals surface area contributed by atoms with Crippen LogP contribution in [0.25, 0.3) is 0 Å². The van der Waals surface area contributed by atoms with E-state index in [1.54, 1.807) is 31.2 Å². The predicted octanol–water partition coefficient (Wildman–Crippen LogP) is 0.963. The number of methoxy groups -OCH3 is 2. The fraction of sp³-hybridized carbons (Fsp3) is 0.312. The van der Waals surface area contributed by atoms with Crippen molar-refractivity contribution in [3.8, 4) is 17.6 Å². The lowest BCUT2D eigenvalue weighted by Crippen LogP contribution is -2.29. The number of hydrogen-bond acceptors (Lipinski definition) is 6. The number of carboxylic acid groups (broad SMARTS) is 1. The molecule has 0 heterocycles. The molecule has 0 spiro atoms. The van der Waals surface area contributed by atoms with Gasteiger partial charge in [0.25, 0.3) is 5.91 Å². The van der Waals surface area contributed by atoms with E-state index in [1.807, 2.05) is 0 Å². The second-order valence-corrected chi connectivity index (χ2v) is 4.75. The topological polar surface area (TPSA) is 121 Å². The van der Waals surface area contributed by atoms with E-state index >= 15 is 0 Å². The van der Waals surface area contributed by atoms with Crippen LogP contribution in [0.3, 0.4) is 0 Å². The monoisotopic (exact) mass is 333 g/mol. The summed E-state index contributed by atoms with van der Waals surface area (Å²) in [6.45, 7) is 1.36. The molecule has 1 amide bonds. The third kappa shape index (κ3) is 5.21. The van der Waals surface area contributed by atoms with Gasteiger partial charge in [0.1, 0.15) is 18.2 Å². The van der Waals surface area contributed by atoms with Crippen molar-refractivity contribution in [1.82, 2.24) is 10.6 Å². The van der Waals surface area contributed by atoms with Gasteiger partial charge in [-0.3, -0.25) is 9.59 Å². The van der Waals surface area contributed by atoms with Gasteiger partial charge in [-0.15, -0.1) is 0 Å². The lowest BCUT2D eigenvalue weighted by atomic mass is 10.1. The van der Waals surface area contributed by atoms with E-state index < -0.39 is 17.9 Å². The number of nitriles is 1. The van der Waals surface area contributed by atoms with Crippen molar-refractivity contribution in [2.24, 2.45) is 0 Å². The van der Waals surface area contributed by atoms with Crippen molar-refractivity contribution in [1.29, 1.82) is 5.26 Å². The summed E-state index contributed by atoms with van der Waals surface area (Å²) in [6, 6.07) is 6.53. The highest BCUT2D eigenvalue weighted by molar-refractivity contribution is 5.97. The van der Waals surface area contributed by atoms with Crippen LogP contribution in [0.15, 0.2) is 30.0 Å². The van der Waals surface area contributed by atoms with Crippen LogP contribution in [0.5, 0.6) is 11.5 Å². The van der Waals surface area contributed by atoms with Gasteiger partial charge < -0.3 is 25.2 Å². The average molecular weight is 333 g/mol. The second kappa shape index (κ2) is 9.05. The van der Waals surface area contributed by atoms with Crippen LogP contribution in [-0.2, 0) is 9.59 Å². The second-order valence-electron chi connectivity index (χ2n) is 4.75. The van der Waals surface area contributed by atoms with Gasteiger partial charge in [0, 0.05) is 6.20 Å². The minimum atomic E-state index is -1.09. The van der Waals surface area contributed by atoms with Gasteiger partial charge in [-0.25, -0.2) is 0 Å². The first-order valence-electron chi connectivity index (χ1n) is 7.01.